The van der Waals surface area contributed by atoms with E-state index in [0.29, 0.717) is 23.0 Å². The lowest BCUT2D eigenvalue weighted by molar-refractivity contribution is -0.00778. The Morgan fingerprint density at radius 2 is 1.78 bits per heavy atom. The highest BCUT2D eigenvalue weighted by Gasteiger charge is 2.43. The predicted molar refractivity (Wildman–Crippen MR) is 136 cm³/mol. The summed E-state index contributed by atoms with van der Waals surface area (Å²) in [7, 11) is 3.88. The molecule has 3 aromatic rings. The number of tetrazole rings is 1. The van der Waals surface area contributed by atoms with Crippen molar-refractivity contribution < 1.29 is 9.13 Å². The highest BCUT2D eigenvalue weighted by atomic mass is 19.1. The maximum atomic E-state index is 14.7. The first kappa shape index (κ1) is 25.7. The van der Waals surface area contributed by atoms with E-state index in [1.54, 1.807) is 19.3 Å². The van der Waals surface area contributed by atoms with Gasteiger partial charge < -0.3 is 15.4 Å². The van der Waals surface area contributed by atoms with E-state index >= 15 is 0 Å². The molecule has 0 aliphatic carbocycles. The summed E-state index contributed by atoms with van der Waals surface area (Å²) < 4.78 is 22.1. The van der Waals surface area contributed by atoms with Gasteiger partial charge in [-0.25, -0.2) is 19.0 Å². The van der Waals surface area contributed by atoms with Crippen molar-refractivity contribution in [2.24, 2.45) is 7.05 Å². The van der Waals surface area contributed by atoms with Crippen LogP contribution < -0.4 is 15.4 Å². The number of hydrogen-bond donors (Lipinski definition) is 2. The number of likely N-dealkylation sites (tertiary alicyclic amines) is 1. The molecule has 1 aliphatic rings. The number of aromatic nitrogens is 7. The van der Waals surface area contributed by atoms with Crippen LogP contribution in [0.5, 0.6) is 5.88 Å². The molecule has 0 spiro atoms. The summed E-state index contributed by atoms with van der Waals surface area (Å²) in [5.74, 6) is 0.811. The monoisotopic (exact) mass is 498 g/mol. The zero-order valence-corrected chi connectivity index (χ0v) is 22.2. The minimum atomic E-state index is -0.500. The van der Waals surface area contributed by atoms with Crippen LogP contribution in [-0.2, 0) is 7.05 Å². The predicted octanol–water partition coefficient (Wildman–Crippen LogP) is 3.80. The normalized spacial score (nSPS) is 17.8. The number of aryl methyl sites for hydroxylation is 1. The van der Waals surface area contributed by atoms with Crippen molar-refractivity contribution in [3.63, 3.8) is 0 Å². The molecule has 2 N–H and O–H groups in total. The largest absolute Gasteiger partial charge is 0.474 e. The second-order valence-electron chi connectivity index (χ2n) is 10.8. The molecule has 194 valence electrons. The smallest absolute Gasteiger partial charge is 0.229 e. The summed E-state index contributed by atoms with van der Waals surface area (Å²) >= 11 is 0. The Labute approximate surface area is 210 Å². The number of piperidine rings is 1. The van der Waals surface area contributed by atoms with E-state index in [0.717, 1.165) is 12.8 Å². The standard InChI is InChI=1S/C24H35FN10O/c1-14(2)36-21-17(20-31-32-33-34(20)7)9-15(12-26-21)29-22-27-13-18(25)19(30-22)28-16-10-23(3,4)35(8)24(5,6)11-16/h9,12-14,16H,10-11H2,1-8H3,(H2,27,28,29,30). The number of hydrogen-bond acceptors (Lipinski definition) is 10. The number of rotatable bonds is 7. The van der Waals surface area contributed by atoms with E-state index in [1.165, 1.54) is 10.9 Å². The van der Waals surface area contributed by atoms with Crippen molar-refractivity contribution in [2.45, 2.75) is 77.6 Å². The van der Waals surface area contributed by atoms with E-state index in [9.17, 15) is 4.39 Å². The average molecular weight is 499 g/mol. The van der Waals surface area contributed by atoms with Gasteiger partial charge in [0.15, 0.2) is 17.5 Å². The van der Waals surface area contributed by atoms with E-state index in [2.05, 4.69) is 80.8 Å². The molecule has 1 aliphatic heterocycles. The molecular weight excluding hydrogens is 463 g/mol. The summed E-state index contributed by atoms with van der Waals surface area (Å²) in [5, 5.41) is 18.1. The number of nitrogens with zero attached hydrogens (tertiary/aromatic N) is 8. The molecule has 12 heteroatoms. The highest BCUT2D eigenvalue weighted by molar-refractivity contribution is 5.68. The Balaban J connectivity index is 1.58. The molecule has 0 atom stereocenters. The van der Waals surface area contributed by atoms with Crippen molar-refractivity contribution >= 4 is 17.5 Å². The van der Waals surface area contributed by atoms with Crippen LogP contribution in [0.4, 0.5) is 21.8 Å². The first-order chi connectivity index (χ1) is 16.9. The van der Waals surface area contributed by atoms with Gasteiger partial charge in [-0.2, -0.15) is 4.98 Å². The zero-order chi connectivity index (χ0) is 26.3. The molecule has 0 unspecified atom stereocenters. The van der Waals surface area contributed by atoms with Gasteiger partial charge in [0.1, 0.15) is 0 Å². The third kappa shape index (κ3) is 5.38. The first-order valence-corrected chi connectivity index (χ1v) is 12.1. The minimum absolute atomic E-state index is 0.0411. The molecule has 0 saturated carbocycles. The third-order valence-corrected chi connectivity index (χ3v) is 6.71. The van der Waals surface area contributed by atoms with Crippen molar-refractivity contribution in [1.82, 2.24) is 40.1 Å². The summed E-state index contributed by atoms with van der Waals surface area (Å²) in [6, 6.07) is 1.87. The summed E-state index contributed by atoms with van der Waals surface area (Å²) in [6.07, 6.45) is 4.40. The summed E-state index contributed by atoms with van der Waals surface area (Å²) in [5.41, 5.74) is 1.11. The molecule has 0 radical (unpaired) electrons. The van der Waals surface area contributed by atoms with E-state index in [-0.39, 0.29) is 35.0 Å². The summed E-state index contributed by atoms with van der Waals surface area (Å²) in [6.45, 7) is 12.6. The average Bonchev–Trinajstić information content (AvgIpc) is 3.20. The quantitative estimate of drug-likeness (QED) is 0.498. The van der Waals surface area contributed by atoms with Gasteiger partial charge in [-0.05, 0) is 77.9 Å². The van der Waals surface area contributed by atoms with Gasteiger partial charge in [-0.15, -0.1) is 5.10 Å². The van der Waals surface area contributed by atoms with Crippen LogP contribution in [0.1, 0.15) is 54.4 Å². The molecule has 11 nitrogen and oxygen atoms in total. The lowest BCUT2D eigenvalue weighted by atomic mass is 9.77. The Bertz CT molecular complexity index is 1210. The van der Waals surface area contributed by atoms with Crippen molar-refractivity contribution in [1.29, 1.82) is 0 Å². The van der Waals surface area contributed by atoms with Crippen LogP contribution in [0.25, 0.3) is 11.4 Å². The van der Waals surface area contributed by atoms with Gasteiger partial charge >= 0.3 is 0 Å². The van der Waals surface area contributed by atoms with Crippen molar-refractivity contribution in [2.75, 3.05) is 17.7 Å². The zero-order valence-electron chi connectivity index (χ0n) is 22.2. The number of ether oxygens (including phenoxy) is 1. The highest BCUT2D eigenvalue weighted by Crippen LogP contribution is 2.38. The van der Waals surface area contributed by atoms with Crippen LogP contribution in [0.3, 0.4) is 0 Å². The molecule has 1 saturated heterocycles. The lowest BCUT2D eigenvalue weighted by Gasteiger charge is -2.53. The SMILES string of the molecule is CC(C)Oc1ncc(Nc2ncc(F)c(NC3CC(C)(C)N(C)C(C)(C)C3)n2)cc1-c1nnnn1C. The Morgan fingerprint density at radius 3 is 2.39 bits per heavy atom. The van der Waals surface area contributed by atoms with Crippen LogP contribution in [-0.4, -0.2) is 70.3 Å². The second-order valence-corrected chi connectivity index (χ2v) is 10.8. The molecule has 0 aromatic carbocycles. The van der Waals surface area contributed by atoms with Gasteiger partial charge in [0.25, 0.3) is 0 Å². The Morgan fingerprint density at radius 1 is 1.08 bits per heavy atom. The van der Waals surface area contributed by atoms with Crippen LogP contribution >= 0.6 is 0 Å². The van der Waals surface area contributed by atoms with E-state index < -0.39 is 5.82 Å². The number of anilines is 3. The van der Waals surface area contributed by atoms with E-state index in [4.69, 9.17) is 4.74 Å². The van der Waals surface area contributed by atoms with Gasteiger partial charge in [0.2, 0.25) is 11.8 Å². The molecular formula is C24H35FN10O. The van der Waals surface area contributed by atoms with Crippen molar-refractivity contribution in [3.8, 4) is 17.3 Å². The van der Waals surface area contributed by atoms with E-state index in [1.807, 2.05) is 13.8 Å². The molecule has 1 fully saturated rings. The van der Waals surface area contributed by atoms with Crippen LogP contribution in [0.15, 0.2) is 18.5 Å². The first-order valence-electron chi connectivity index (χ1n) is 12.1. The maximum Gasteiger partial charge on any atom is 0.229 e. The second kappa shape index (κ2) is 9.57. The maximum absolute atomic E-state index is 14.7. The minimum Gasteiger partial charge on any atom is -0.474 e. The fourth-order valence-corrected chi connectivity index (χ4v) is 4.78. The Kier molecular flexibility index (Phi) is 6.82. The van der Waals surface area contributed by atoms with Crippen LogP contribution in [0, 0.1) is 5.82 Å². The topological polar surface area (TPSA) is 119 Å². The molecule has 0 amide bonds. The third-order valence-electron chi connectivity index (χ3n) is 6.71. The number of nitrogens with one attached hydrogen (secondary N) is 2. The van der Waals surface area contributed by atoms with Gasteiger partial charge in [-0.3, -0.25) is 4.90 Å². The molecule has 0 bridgehead atoms. The van der Waals surface area contributed by atoms with Crippen molar-refractivity contribution in [3.05, 3.63) is 24.3 Å². The number of pyridine rings is 1. The molecule has 4 heterocycles. The fourth-order valence-electron chi connectivity index (χ4n) is 4.78. The number of halogens is 1. The fraction of sp³-hybridized carbons (Fsp3) is 0.583. The van der Waals surface area contributed by atoms with Crippen LogP contribution in [0.2, 0.25) is 0 Å². The summed E-state index contributed by atoms with van der Waals surface area (Å²) in [4.78, 5) is 15.4. The Hall–Kier alpha value is -3.41. The van der Waals surface area contributed by atoms with Gasteiger partial charge in [0.05, 0.1) is 29.7 Å². The molecule has 4 rings (SSSR count). The molecule has 36 heavy (non-hydrogen) atoms. The lowest BCUT2D eigenvalue weighted by Crippen LogP contribution is -2.61. The van der Waals surface area contributed by atoms with Gasteiger partial charge in [0, 0.05) is 24.2 Å². The van der Waals surface area contributed by atoms with Gasteiger partial charge in [-0.1, -0.05) is 0 Å². The molecule has 3 aromatic heterocycles.